The van der Waals surface area contributed by atoms with Crippen molar-refractivity contribution in [2.75, 3.05) is 13.2 Å². The number of carboxylic acid groups (broad SMARTS) is 2. The first-order valence-electron chi connectivity index (χ1n) is 18.2. The molecule has 3 aromatic rings. The molecule has 0 saturated carbocycles. The minimum absolute atomic E-state index is 0.0125. The Bertz CT molecular complexity index is 1840. The number of carbonyl (C=O) groups is 3. The van der Waals surface area contributed by atoms with Crippen molar-refractivity contribution < 1.29 is 43.5 Å². The lowest BCUT2D eigenvalue weighted by atomic mass is 9.97. The van der Waals surface area contributed by atoms with E-state index in [9.17, 15) is 19.5 Å². The normalized spacial score (nSPS) is 13.5. The number of carboxylic acids is 2. The summed E-state index contributed by atoms with van der Waals surface area (Å²) in [7, 11) is 0. The zero-order chi connectivity index (χ0) is 37.3. The Morgan fingerprint density at radius 1 is 0.774 bits per heavy atom. The van der Waals surface area contributed by atoms with Crippen LogP contribution in [0, 0.1) is 0 Å². The van der Waals surface area contributed by atoms with Crippen LogP contribution in [-0.2, 0) is 38.4 Å². The number of nitrogens with one attached hydrogen (secondary N) is 1. The van der Waals surface area contributed by atoms with Crippen molar-refractivity contribution in [1.82, 2.24) is 5.32 Å². The molecule has 0 spiro atoms. The Balaban J connectivity index is 1.17. The third-order valence-electron chi connectivity index (χ3n) is 8.87. The number of amides is 1. The zero-order valence-electron chi connectivity index (χ0n) is 29.9. The van der Waals surface area contributed by atoms with E-state index in [1.165, 1.54) is 6.26 Å². The lowest BCUT2D eigenvalue weighted by Crippen LogP contribution is -2.23. The molecule has 0 bridgehead atoms. The number of aryl methyl sites for hydroxylation is 1. The average Bonchev–Trinajstić information content (AvgIpc) is 3.18. The number of benzene rings is 3. The number of allylic oxidation sites excluding steroid dienone is 4. The lowest BCUT2D eigenvalue weighted by Gasteiger charge is -2.20. The number of carbonyl (C=O) groups excluding carboxylic acids is 1. The van der Waals surface area contributed by atoms with Crippen LogP contribution in [0.4, 0.5) is 0 Å². The van der Waals surface area contributed by atoms with Crippen LogP contribution in [0.25, 0.3) is 5.76 Å². The molecule has 278 valence electrons. The predicted octanol–water partition coefficient (Wildman–Crippen LogP) is 8.52. The molecule has 2 aliphatic rings. The lowest BCUT2D eigenvalue weighted by molar-refractivity contribution is -0.138. The van der Waals surface area contributed by atoms with Crippen molar-refractivity contribution in [2.45, 2.75) is 77.2 Å². The summed E-state index contributed by atoms with van der Waals surface area (Å²) in [6.45, 7) is 1.10. The highest BCUT2D eigenvalue weighted by molar-refractivity contribution is 5.95. The largest absolute Gasteiger partial charge is 0.494 e. The molecular formula is C43H47NO9. The molecule has 0 aromatic heterocycles. The van der Waals surface area contributed by atoms with Crippen LogP contribution in [0.5, 0.6) is 11.5 Å². The first-order chi connectivity index (χ1) is 25.9. The molecule has 0 fully saturated rings. The maximum absolute atomic E-state index is 13.3. The third-order valence-corrected chi connectivity index (χ3v) is 8.87. The number of aliphatic carboxylic acids is 2. The van der Waals surface area contributed by atoms with E-state index < -0.39 is 11.9 Å². The van der Waals surface area contributed by atoms with Gasteiger partial charge in [-0.3, -0.25) is 14.4 Å². The number of hydrogen-bond donors (Lipinski definition) is 3. The minimum atomic E-state index is -0.880. The fraction of sp³-hybridized carbons (Fsp3) is 0.326. The van der Waals surface area contributed by atoms with Crippen LogP contribution in [0.1, 0.15) is 90.4 Å². The molecule has 5 rings (SSSR count). The van der Waals surface area contributed by atoms with E-state index in [1.807, 2.05) is 66.7 Å². The van der Waals surface area contributed by atoms with Gasteiger partial charge < -0.3 is 34.5 Å². The Hall–Kier alpha value is -5.77. The predicted molar refractivity (Wildman–Crippen MR) is 201 cm³/mol. The zero-order valence-corrected chi connectivity index (χ0v) is 29.9. The Labute approximate surface area is 310 Å². The van der Waals surface area contributed by atoms with E-state index in [4.69, 9.17) is 24.1 Å². The summed E-state index contributed by atoms with van der Waals surface area (Å²) in [6, 6.07) is 20.8. The summed E-state index contributed by atoms with van der Waals surface area (Å²) in [6.07, 6.45) is 16.1. The fourth-order valence-corrected chi connectivity index (χ4v) is 6.10. The van der Waals surface area contributed by atoms with Crippen LogP contribution in [0.2, 0.25) is 0 Å². The summed E-state index contributed by atoms with van der Waals surface area (Å²) in [5.41, 5.74) is 5.06. The summed E-state index contributed by atoms with van der Waals surface area (Å²) >= 11 is 0. The fourth-order valence-electron chi connectivity index (χ4n) is 6.10. The monoisotopic (exact) mass is 721 g/mol. The van der Waals surface area contributed by atoms with Gasteiger partial charge in [0.15, 0.2) is 11.5 Å². The second-order valence-corrected chi connectivity index (χ2v) is 12.9. The van der Waals surface area contributed by atoms with Gasteiger partial charge in [0, 0.05) is 30.5 Å². The van der Waals surface area contributed by atoms with Crippen LogP contribution >= 0.6 is 0 Å². The van der Waals surface area contributed by atoms with E-state index in [2.05, 4.69) is 11.4 Å². The van der Waals surface area contributed by atoms with Crippen molar-refractivity contribution in [3.05, 3.63) is 137 Å². The van der Waals surface area contributed by atoms with Crippen molar-refractivity contribution in [3.8, 4) is 11.5 Å². The third kappa shape index (κ3) is 12.5. The minimum Gasteiger partial charge on any atom is -0.494 e. The van der Waals surface area contributed by atoms with Gasteiger partial charge in [-0.2, -0.15) is 0 Å². The van der Waals surface area contributed by atoms with Gasteiger partial charge >= 0.3 is 11.9 Å². The van der Waals surface area contributed by atoms with E-state index in [-0.39, 0.29) is 25.4 Å². The quantitative estimate of drug-likeness (QED) is 0.0924. The molecule has 3 aromatic carbocycles. The number of ether oxygens (including phenoxy) is 4. The Morgan fingerprint density at radius 3 is 2.36 bits per heavy atom. The van der Waals surface area contributed by atoms with Crippen molar-refractivity contribution in [3.63, 3.8) is 0 Å². The molecule has 1 aliphatic carbocycles. The number of hydrogen-bond acceptors (Lipinski definition) is 7. The molecule has 53 heavy (non-hydrogen) atoms. The summed E-state index contributed by atoms with van der Waals surface area (Å²) < 4.78 is 24.0. The smallest absolute Gasteiger partial charge is 0.303 e. The number of rotatable bonds is 21. The first-order valence-corrected chi connectivity index (χ1v) is 18.2. The van der Waals surface area contributed by atoms with Gasteiger partial charge in [-0.15, -0.1) is 0 Å². The highest BCUT2D eigenvalue weighted by Gasteiger charge is 2.19. The van der Waals surface area contributed by atoms with Crippen molar-refractivity contribution >= 4 is 23.6 Å². The summed E-state index contributed by atoms with van der Waals surface area (Å²) in [4.78, 5) is 35.6. The van der Waals surface area contributed by atoms with Crippen LogP contribution in [0.3, 0.4) is 0 Å². The van der Waals surface area contributed by atoms with Crippen molar-refractivity contribution in [2.24, 2.45) is 0 Å². The van der Waals surface area contributed by atoms with Gasteiger partial charge in [0.05, 0.1) is 13.2 Å². The van der Waals surface area contributed by atoms with E-state index in [0.717, 1.165) is 67.2 Å². The van der Waals surface area contributed by atoms with E-state index >= 15 is 0 Å². The van der Waals surface area contributed by atoms with Crippen molar-refractivity contribution in [1.29, 1.82) is 0 Å². The van der Waals surface area contributed by atoms with Crippen LogP contribution in [-0.4, -0.2) is 41.3 Å². The molecule has 10 heteroatoms. The Kier molecular flexibility index (Phi) is 14.7. The molecule has 0 atom stereocenters. The SMILES string of the molecule is O=C(O)CCCOc1cccc(CCCCCCOc2cc(C(=O)NCc3ccccc3)cc(C3=COC=C(C4=CC=CCC4)O3)c2)c1CCC(=O)O. The molecule has 1 heterocycles. The molecule has 0 unspecified atom stereocenters. The summed E-state index contributed by atoms with van der Waals surface area (Å²) in [5, 5.41) is 21.2. The Morgan fingerprint density at radius 2 is 1.57 bits per heavy atom. The van der Waals surface area contributed by atoms with Crippen LogP contribution in [0.15, 0.2) is 109 Å². The highest BCUT2D eigenvalue weighted by Crippen LogP contribution is 2.33. The van der Waals surface area contributed by atoms with Gasteiger partial charge in [0.1, 0.15) is 24.0 Å². The van der Waals surface area contributed by atoms with Gasteiger partial charge in [-0.25, -0.2) is 0 Å². The van der Waals surface area contributed by atoms with Crippen LogP contribution < -0.4 is 14.8 Å². The van der Waals surface area contributed by atoms with Gasteiger partial charge in [-0.1, -0.05) is 73.5 Å². The molecule has 10 nitrogen and oxygen atoms in total. The topological polar surface area (TPSA) is 141 Å². The molecule has 3 N–H and O–H groups in total. The summed E-state index contributed by atoms with van der Waals surface area (Å²) in [5.74, 6) is 0.305. The standard InChI is InChI=1S/C43H47NO9/c45-41(46)20-12-24-52-38-19-11-18-32(37(38)21-22-42(47)48)15-7-1-2-10-23-51-36-26-34(40-30-50-29-39(53-40)33-16-8-4-9-17-33)25-35(27-36)43(49)44-28-31-13-5-3-6-14-31/h3-6,8,11,13-14,16,18-19,25-27,29-30H,1-2,7,9-10,12,15,17,20-24,28H2,(H,44,49)(H,45,46)(H,47,48). The second kappa shape index (κ2) is 20.3. The van der Waals surface area contributed by atoms with E-state index in [1.54, 1.807) is 18.4 Å². The molecular weight excluding hydrogens is 674 g/mol. The number of unbranched alkanes of at least 4 members (excludes halogenated alkanes) is 3. The molecule has 1 aliphatic heterocycles. The second-order valence-electron chi connectivity index (χ2n) is 12.9. The maximum atomic E-state index is 13.3. The molecule has 1 amide bonds. The van der Waals surface area contributed by atoms with E-state index in [0.29, 0.717) is 60.1 Å². The molecule has 0 radical (unpaired) electrons. The van der Waals surface area contributed by atoms with Gasteiger partial charge in [0.25, 0.3) is 5.91 Å². The first kappa shape index (κ1) is 38.5. The highest BCUT2D eigenvalue weighted by atomic mass is 16.5. The van der Waals surface area contributed by atoms with Gasteiger partial charge in [0.2, 0.25) is 0 Å². The van der Waals surface area contributed by atoms with Gasteiger partial charge in [-0.05, 0) is 91.5 Å². The average molecular weight is 722 g/mol. The maximum Gasteiger partial charge on any atom is 0.303 e. The molecule has 0 saturated heterocycles.